The summed E-state index contributed by atoms with van der Waals surface area (Å²) in [7, 11) is 0. The predicted octanol–water partition coefficient (Wildman–Crippen LogP) is 3.67. The van der Waals surface area contributed by atoms with Gasteiger partial charge in [-0.3, -0.25) is 4.79 Å². The summed E-state index contributed by atoms with van der Waals surface area (Å²) in [6.45, 7) is 1.49. The number of nitrogen functional groups attached to an aromatic ring is 1. The first-order valence-corrected chi connectivity index (χ1v) is 6.46. The summed E-state index contributed by atoms with van der Waals surface area (Å²) in [4.78, 5) is 16.4. The van der Waals surface area contributed by atoms with Gasteiger partial charge in [0.2, 0.25) is 0 Å². The van der Waals surface area contributed by atoms with Crippen LogP contribution in [0.3, 0.4) is 0 Å². The molecule has 0 aliphatic carbocycles. The third-order valence-electron chi connectivity index (χ3n) is 2.34. The van der Waals surface area contributed by atoms with Gasteiger partial charge >= 0.3 is 0 Å². The lowest BCUT2D eigenvalue weighted by atomic mass is 10.1. The lowest BCUT2D eigenvalue weighted by molar-refractivity contribution is 0.101. The Morgan fingerprint density at radius 1 is 1.39 bits per heavy atom. The van der Waals surface area contributed by atoms with Gasteiger partial charge in [0.25, 0.3) is 0 Å². The second kappa shape index (κ2) is 5.42. The van der Waals surface area contributed by atoms with E-state index in [1.165, 1.54) is 18.7 Å². The summed E-state index contributed by atoms with van der Waals surface area (Å²) in [5.74, 6) is -0.0417. The molecule has 0 aliphatic rings. The van der Waals surface area contributed by atoms with Crippen LogP contribution in [0.1, 0.15) is 17.3 Å². The van der Waals surface area contributed by atoms with E-state index >= 15 is 0 Å². The minimum absolute atomic E-state index is 0.0417. The van der Waals surface area contributed by atoms with E-state index in [-0.39, 0.29) is 5.78 Å². The van der Waals surface area contributed by atoms with Crippen LogP contribution in [0.5, 0.6) is 0 Å². The summed E-state index contributed by atoms with van der Waals surface area (Å²) in [5.41, 5.74) is 6.83. The van der Waals surface area contributed by atoms with Crippen LogP contribution in [-0.4, -0.2) is 10.8 Å². The number of benzene rings is 1. The highest BCUT2D eigenvalue weighted by Crippen LogP contribution is 2.32. The molecule has 2 N–H and O–H groups in total. The monoisotopic (exact) mass is 278 g/mol. The fourth-order valence-corrected chi connectivity index (χ4v) is 2.54. The van der Waals surface area contributed by atoms with Gasteiger partial charge in [-0.15, -0.1) is 0 Å². The van der Waals surface area contributed by atoms with E-state index in [0.29, 0.717) is 21.3 Å². The van der Waals surface area contributed by atoms with Crippen molar-refractivity contribution in [2.24, 2.45) is 0 Å². The van der Waals surface area contributed by atoms with Crippen molar-refractivity contribution in [3.63, 3.8) is 0 Å². The number of carbonyl (C=O) groups is 1. The van der Waals surface area contributed by atoms with Crippen LogP contribution in [0, 0.1) is 0 Å². The fraction of sp³-hybridized carbons (Fsp3) is 0.0769. The molecule has 1 aromatic carbocycles. The van der Waals surface area contributed by atoms with Gasteiger partial charge < -0.3 is 5.73 Å². The number of aromatic nitrogens is 1. The Morgan fingerprint density at radius 2 is 2.17 bits per heavy atom. The number of ketones is 1. The van der Waals surface area contributed by atoms with Gasteiger partial charge in [-0.25, -0.2) is 4.98 Å². The van der Waals surface area contributed by atoms with Crippen molar-refractivity contribution < 1.29 is 4.79 Å². The van der Waals surface area contributed by atoms with Crippen molar-refractivity contribution in [1.29, 1.82) is 0 Å². The highest BCUT2D eigenvalue weighted by atomic mass is 35.5. The number of pyridine rings is 1. The standard InChI is InChI=1S/C13H11ClN2OS/c1-8(17)10-5-4-9(7-12(10)15)18-13-11(14)3-2-6-16-13/h2-7H,15H2,1H3. The first kappa shape index (κ1) is 12.9. The van der Waals surface area contributed by atoms with E-state index in [2.05, 4.69) is 4.98 Å². The fourth-order valence-electron chi connectivity index (χ4n) is 1.48. The summed E-state index contributed by atoms with van der Waals surface area (Å²) in [5, 5.41) is 1.31. The molecule has 0 saturated carbocycles. The van der Waals surface area contributed by atoms with Gasteiger partial charge in [-0.1, -0.05) is 23.4 Å². The largest absolute Gasteiger partial charge is 0.398 e. The molecule has 2 rings (SSSR count). The normalized spacial score (nSPS) is 10.3. The van der Waals surface area contributed by atoms with Gasteiger partial charge in [0.05, 0.1) is 5.02 Å². The summed E-state index contributed by atoms with van der Waals surface area (Å²) in [6, 6.07) is 8.87. The third-order valence-corrected chi connectivity index (χ3v) is 3.77. The molecule has 0 atom stereocenters. The molecular weight excluding hydrogens is 268 g/mol. The van der Waals surface area contributed by atoms with Crippen LogP contribution in [0.25, 0.3) is 0 Å². The molecule has 0 aliphatic heterocycles. The zero-order valence-corrected chi connectivity index (χ0v) is 11.3. The molecule has 2 aromatic rings. The number of nitrogens with two attached hydrogens (primary N) is 1. The minimum atomic E-state index is -0.0417. The van der Waals surface area contributed by atoms with E-state index in [0.717, 1.165) is 4.90 Å². The van der Waals surface area contributed by atoms with Crippen LogP contribution >= 0.6 is 23.4 Å². The molecule has 0 spiro atoms. The Bertz CT molecular complexity index is 601. The average molecular weight is 279 g/mol. The Kier molecular flexibility index (Phi) is 3.89. The summed E-state index contributed by atoms with van der Waals surface area (Å²) < 4.78 is 0. The van der Waals surface area contributed by atoms with Crippen molar-refractivity contribution in [3.8, 4) is 0 Å². The highest BCUT2D eigenvalue weighted by Gasteiger charge is 2.08. The van der Waals surface area contributed by atoms with E-state index in [9.17, 15) is 4.79 Å². The first-order chi connectivity index (χ1) is 8.58. The zero-order valence-electron chi connectivity index (χ0n) is 9.68. The van der Waals surface area contributed by atoms with Gasteiger partial charge in [-0.05, 0) is 37.3 Å². The van der Waals surface area contributed by atoms with Crippen molar-refractivity contribution in [2.75, 3.05) is 5.73 Å². The lowest BCUT2D eigenvalue weighted by Gasteiger charge is -2.06. The lowest BCUT2D eigenvalue weighted by Crippen LogP contribution is -1.99. The molecule has 0 bridgehead atoms. The second-order valence-electron chi connectivity index (χ2n) is 3.70. The van der Waals surface area contributed by atoms with Gasteiger partial charge in [0.15, 0.2) is 5.78 Å². The number of carbonyl (C=O) groups excluding carboxylic acids is 1. The Labute approximate surface area is 114 Å². The predicted molar refractivity (Wildman–Crippen MR) is 74.2 cm³/mol. The average Bonchev–Trinajstić information content (AvgIpc) is 2.32. The van der Waals surface area contributed by atoms with Crippen LogP contribution in [0.4, 0.5) is 5.69 Å². The molecular formula is C13H11ClN2OS. The molecule has 18 heavy (non-hydrogen) atoms. The molecule has 3 nitrogen and oxygen atoms in total. The Balaban J connectivity index is 2.29. The third kappa shape index (κ3) is 2.83. The maximum absolute atomic E-state index is 11.3. The van der Waals surface area contributed by atoms with E-state index in [1.54, 1.807) is 30.5 Å². The quantitative estimate of drug-likeness (QED) is 0.687. The number of nitrogens with zero attached hydrogens (tertiary/aromatic N) is 1. The van der Waals surface area contributed by atoms with Gasteiger partial charge in [0, 0.05) is 22.3 Å². The molecule has 1 heterocycles. The van der Waals surface area contributed by atoms with Gasteiger partial charge in [0.1, 0.15) is 5.03 Å². The van der Waals surface area contributed by atoms with Crippen LogP contribution in [0.2, 0.25) is 5.02 Å². The summed E-state index contributed by atoms with van der Waals surface area (Å²) >= 11 is 7.44. The molecule has 0 unspecified atom stereocenters. The first-order valence-electron chi connectivity index (χ1n) is 5.27. The molecule has 92 valence electrons. The van der Waals surface area contributed by atoms with Crippen molar-refractivity contribution in [1.82, 2.24) is 4.98 Å². The number of halogens is 1. The summed E-state index contributed by atoms with van der Waals surface area (Å²) in [6.07, 6.45) is 1.68. The van der Waals surface area contributed by atoms with Crippen molar-refractivity contribution in [3.05, 3.63) is 47.1 Å². The van der Waals surface area contributed by atoms with Crippen molar-refractivity contribution in [2.45, 2.75) is 16.8 Å². The number of Topliss-reactive ketones (excluding diaryl/α,β-unsaturated/α-hetero) is 1. The number of rotatable bonds is 3. The Morgan fingerprint density at radius 3 is 2.78 bits per heavy atom. The van der Waals surface area contributed by atoms with Crippen LogP contribution in [0.15, 0.2) is 46.5 Å². The molecule has 1 aromatic heterocycles. The van der Waals surface area contributed by atoms with Crippen LogP contribution in [-0.2, 0) is 0 Å². The molecule has 0 fully saturated rings. The number of hydrogen-bond acceptors (Lipinski definition) is 4. The number of hydrogen-bond donors (Lipinski definition) is 1. The van der Waals surface area contributed by atoms with E-state index in [1.807, 2.05) is 6.07 Å². The molecule has 0 amide bonds. The van der Waals surface area contributed by atoms with Gasteiger partial charge in [-0.2, -0.15) is 0 Å². The molecule has 0 saturated heterocycles. The molecule has 5 heteroatoms. The highest BCUT2D eigenvalue weighted by molar-refractivity contribution is 7.99. The topological polar surface area (TPSA) is 56.0 Å². The molecule has 0 radical (unpaired) electrons. The SMILES string of the molecule is CC(=O)c1ccc(Sc2ncccc2Cl)cc1N. The maximum atomic E-state index is 11.3. The Hall–Kier alpha value is -1.52. The van der Waals surface area contributed by atoms with E-state index in [4.69, 9.17) is 17.3 Å². The minimum Gasteiger partial charge on any atom is -0.398 e. The second-order valence-corrected chi connectivity index (χ2v) is 5.17. The maximum Gasteiger partial charge on any atom is 0.161 e. The smallest absolute Gasteiger partial charge is 0.161 e. The van der Waals surface area contributed by atoms with Crippen LogP contribution < -0.4 is 5.73 Å². The number of anilines is 1. The zero-order chi connectivity index (χ0) is 13.1. The van der Waals surface area contributed by atoms with Crippen molar-refractivity contribution >= 4 is 34.8 Å². The van der Waals surface area contributed by atoms with E-state index < -0.39 is 0 Å².